The van der Waals surface area contributed by atoms with E-state index in [-0.39, 0.29) is 11.8 Å². The zero-order valence-electron chi connectivity index (χ0n) is 16.5. The molecule has 0 N–H and O–H groups in total. The predicted molar refractivity (Wildman–Crippen MR) is 107 cm³/mol. The molecule has 1 aliphatic carbocycles. The third-order valence-corrected chi connectivity index (χ3v) is 5.90. The summed E-state index contributed by atoms with van der Waals surface area (Å²) in [4.78, 5) is 13.2. The van der Waals surface area contributed by atoms with Crippen LogP contribution in [0.5, 0.6) is 5.75 Å². The minimum atomic E-state index is 0.143. The van der Waals surface area contributed by atoms with E-state index in [1.807, 2.05) is 6.07 Å². The zero-order chi connectivity index (χ0) is 18.7. The maximum Gasteiger partial charge on any atom is 0.139 e. The SMILES string of the molecule is COc1ccc(C)c(C[C@@H]2CCC[C@@H](Cc3cc(C)ccc3C)C2=O)c1. The number of carbonyl (C=O) groups excluding carboxylic acids is 1. The number of ether oxygens (including phenoxy) is 1. The second-order valence-electron chi connectivity index (χ2n) is 7.86. The molecule has 2 atom stereocenters. The van der Waals surface area contributed by atoms with Crippen molar-refractivity contribution in [2.75, 3.05) is 7.11 Å². The number of carbonyl (C=O) groups is 1. The predicted octanol–water partition coefficient (Wildman–Crippen LogP) is 5.39. The molecule has 3 rings (SSSR count). The maximum atomic E-state index is 13.2. The number of methoxy groups -OCH3 is 1. The minimum Gasteiger partial charge on any atom is -0.497 e. The van der Waals surface area contributed by atoms with Crippen molar-refractivity contribution >= 4 is 5.78 Å². The molecular weight excluding hydrogens is 320 g/mol. The van der Waals surface area contributed by atoms with Crippen LogP contribution < -0.4 is 4.74 Å². The molecule has 2 aromatic carbocycles. The molecule has 0 aromatic heterocycles. The molecule has 0 unspecified atom stereocenters. The normalized spacial score (nSPS) is 20.2. The summed E-state index contributed by atoms with van der Waals surface area (Å²) < 4.78 is 5.37. The van der Waals surface area contributed by atoms with Gasteiger partial charge in [0.2, 0.25) is 0 Å². The van der Waals surface area contributed by atoms with E-state index in [0.717, 1.165) is 37.9 Å². The summed E-state index contributed by atoms with van der Waals surface area (Å²) in [5.74, 6) is 1.64. The van der Waals surface area contributed by atoms with Crippen molar-refractivity contribution in [2.24, 2.45) is 11.8 Å². The minimum absolute atomic E-state index is 0.143. The Bertz CT molecular complexity index is 791. The highest BCUT2D eigenvalue weighted by molar-refractivity contribution is 5.84. The highest BCUT2D eigenvalue weighted by Crippen LogP contribution is 2.32. The summed E-state index contributed by atoms with van der Waals surface area (Å²) in [5.41, 5.74) is 6.40. The van der Waals surface area contributed by atoms with E-state index >= 15 is 0 Å². The Kier molecular flexibility index (Phi) is 5.80. The third-order valence-electron chi connectivity index (χ3n) is 5.90. The molecule has 0 spiro atoms. The van der Waals surface area contributed by atoms with Gasteiger partial charge in [0.1, 0.15) is 11.5 Å². The Morgan fingerprint density at radius 1 is 0.885 bits per heavy atom. The second kappa shape index (κ2) is 8.07. The number of rotatable bonds is 5. The van der Waals surface area contributed by atoms with Gasteiger partial charge < -0.3 is 4.74 Å². The Hall–Kier alpha value is -2.09. The quantitative estimate of drug-likeness (QED) is 0.722. The van der Waals surface area contributed by atoms with Crippen molar-refractivity contribution in [3.63, 3.8) is 0 Å². The van der Waals surface area contributed by atoms with Gasteiger partial charge in [-0.2, -0.15) is 0 Å². The average molecular weight is 351 g/mol. The van der Waals surface area contributed by atoms with Crippen LogP contribution in [0.3, 0.4) is 0 Å². The Balaban J connectivity index is 1.74. The summed E-state index contributed by atoms with van der Waals surface area (Å²) in [5, 5.41) is 0. The first-order valence-corrected chi connectivity index (χ1v) is 9.71. The van der Waals surface area contributed by atoms with E-state index < -0.39 is 0 Å². The molecule has 2 aromatic rings. The van der Waals surface area contributed by atoms with E-state index in [2.05, 4.69) is 51.1 Å². The molecule has 2 nitrogen and oxygen atoms in total. The first-order chi connectivity index (χ1) is 12.5. The van der Waals surface area contributed by atoms with Crippen LogP contribution in [0.25, 0.3) is 0 Å². The van der Waals surface area contributed by atoms with Gasteiger partial charge in [0.05, 0.1) is 7.11 Å². The topological polar surface area (TPSA) is 26.3 Å². The van der Waals surface area contributed by atoms with Crippen LogP contribution >= 0.6 is 0 Å². The van der Waals surface area contributed by atoms with Gasteiger partial charge in [-0.15, -0.1) is 0 Å². The number of hydrogen-bond acceptors (Lipinski definition) is 2. The fourth-order valence-electron chi connectivity index (χ4n) is 4.18. The van der Waals surface area contributed by atoms with Crippen molar-refractivity contribution in [3.8, 4) is 5.75 Å². The lowest BCUT2D eigenvalue weighted by molar-refractivity contribution is -0.129. The lowest BCUT2D eigenvalue weighted by atomic mass is 9.74. The summed E-state index contributed by atoms with van der Waals surface area (Å²) in [6, 6.07) is 12.8. The highest BCUT2D eigenvalue weighted by atomic mass is 16.5. The molecule has 0 saturated heterocycles. The molecule has 0 aliphatic heterocycles. The van der Waals surface area contributed by atoms with E-state index in [1.54, 1.807) is 7.11 Å². The first kappa shape index (κ1) is 18.7. The van der Waals surface area contributed by atoms with Gasteiger partial charge in [0.25, 0.3) is 0 Å². The van der Waals surface area contributed by atoms with Crippen LogP contribution in [0.2, 0.25) is 0 Å². The molecule has 2 heteroatoms. The fraction of sp³-hybridized carbons (Fsp3) is 0.458. The highest BCUT2D eigenvalue weighted by Gasteiger charge is 2.31. The van der Waals surface area contributed by atoms with E-state index in [4.69, 9.17) is 4.74 Å². The molecule has 1 fully saturated rings. The van der Waals surface area contributed by atoms with Gasteiger partial charge in [-0.25, -0.2) is 0 Å². The number of Topliss-reactive ketones (excluding diaryl/α,β-unsaturated/α-hetero) is 1. The molecule has 0 heterocycles. The number of benzene rings is 2. The van der Waals surface area contributed by atoms with Crippen LogP contribution in [-0.2, 0) is 17.6 Å². The standard InChI is InChI=1S/C24H30O2/c1-16-8-9-17(2)21(12-16)13-19-6-5-7-20(24(19)25)14-22-15-23(26-4)11-10-18(22)3/h8-12,15,19-20H,5-7,13-14H2,1-4H3/t19-,20-/m0/s1. The zero-order valence-corrected chi connectivity index (χ0v) is 16.5. The van der Waals surface area contributed by atoms with Crippen molar-refractivity contribution in [1.29, 1.82) is 0 Å². The average Bonchev–Trinajstić information content (AvgIpc) is 2.63. The molecule has 1 saturated carbocycles. The smallest absolute Gasteiger partial charge is 0.139 e. The summed E-state index contributed by atoms with van der Waals surface area (Å²) >= 11 is 0. The summed E-state index contributed by atoms with van der Waals surface area (Å²) in [6.45, 7) is 6.40. The Morgan fingerprint density at radius 3 is 2.08 bits per heavy atom. The fourth-order valence-corrected chi connectivity index (χ4v) is 4.18. The monoisotopic (exact) mass is 350 g/mol. The largest absolute Gasteiger partial charge is 0.497 e. The Labute approximate surface area is 157 Å². The lowest BCUT2D eigenvalue weighted by Gasteiger charge is -2.29. The molecule has 0 bridgehead atoms. The van der Waals surface area contributed by atoms with E-state index in [9.17, 15) is 4.79 Å². The van der Waals surface area contributed by atoms with Gasteiger partial charge in [-0.1, -0.05) is 36.2 Å². The lowest BCUT2D eigenvalue weighted by Crippen LogP contribution is -2.31. The number of ketones is 1. The molecular formula is C24H30O2. The molecule has 26 heavy (non-hydrogen) atoms. The second-order valence-corrected chi connectivity index (χ2v) is 7.86. The molecule has 0 amide bonds. The van der Waals surface area contributed by atoms with Crippen LogP contribution in [0.15, 0.2) is 36.4 Å². The molecule has 1 aliphatic rings. The molecule has 138 valence electrons. The van der Waals surface area contributed by atoms with E-state index in [0.29, 0.717) is 5.78 Å². The Morgan fingerprint density at radius 2 is 1.46 bits per heavy atom. The summed E-state index contributed by atoms with van der Waals surface area (Å²) in [7, 11) is 1.69. The van der Waals surface area contributed by atoms with Crippen LogP contribution in [0, 0.1) is 32.6 Å². The third kappa shape index (κ3) is 4.17. The van der Waals surface area contributed by atoms with Crippen molar-refractivity contribution in [1.82, 2.24) is 0 Å². The summed E-state index contributed by atoms with van der Waals surface area (Å²) in [6.07, 6.45) is 4.92. The van der Waals surface area contributed by atoms with Crippen LogP contribution in [-0.4, -0.2) is 12.9 Å². The first-order valence-electron chi connectivity index (χ1n) is 9.71. The van der Waals surface area contributed by atoms with Crippen molar-refractivity contribution in [2.45, 2.75) is 52.9 Å². The van der Waals surface area contributed by atoms with E-state index in [1.165, 1.54) is 27.8 Å². The number of hydrogen-bond donors (Lipinski definition) is 0. The van der Waals surface area contributed by atoms with Crippen molar-refractivity contribution < 1.29 is 9.53 Å². The van der Waals surface area contributed by atoms with Crippen LogP contribution in [0.1, 0.15) is 47.1 Å². The van der Waals surface area contributed by atoms with Gasteiger partial charge in [0, 0.05) is 11.8 Å². The van der Waals surface area contributed by atoms with Gasteiger partial charge in [0.15, 0.2) is 0 Å². The van der Waals surface area contributed by atoms with Crippen LogP contribution in [0.4, 0.5) is 0 Å². The van der Waals surface area contributed by atoms with Crippen molar-refractivity contribution in [3.05, 3.63) is 64.2 Å². The maximum absolute atomic E-state index is 13.2. The molecule has 0 radical (unpaired) electrons. The van der Waals surface area contributed by atoms with Gasteiger partial charge >= 0.3 is 0 Å². The van der Waals surface area contributed by atoms with Gasteiger partial charge in [-0.05, 0) is 80.8 Å². The van der Waals surface area contributed by atoms with Gasteiger partial charge in [-0.3, -0.25) is 4.79 Å². The number of aryl methyl sites for hydroxylation is 3.